The lowest BCUT2D eigenvalue weighted by Crippen LogP contribution is -2.38. The Morgan fingerprint density at radius 3 is 2.47 bits per heavy atom. The quantitative estimate of drug-likeness (QED) is 0.723. The highest BCUT2D eigenvalue weighted by molar-refractivity contribution is 5.75. The number of carboxylic acids is 1. The van der Waals surface area contributed by atoms with E-state index >= 15 is 0 Å². The Morgan fingerprint density at radius 1 is 1.24 bits per heavy atom. The summed E-state index contributed by atoms with van der Waals surface area (Å²) in [5.74, 6) is -2.40. The Kier molecular flexibility index (Phi) is 2.73. The summed E-state index contributed by atoms with van der Waals surface area (Å²) >= 11 is 0. The first-order valence-corrected chi connectivity index (χ1v) is 5.15. The van der Waals surface area contributed by atoms with E-state index in [1.54, 1.807) is 30.3 Å². The van der Waals surface area contributed by atoms with E-state index in [1.807, 2.05) is 0 Å². The molecule has 0 heterocycles. The number of allylic oxidation sites excluding steroid dienone is 1. The van der Waals surface area contributed by atoms with Gasteiger partial charge in [-0.25, -0.2) is 0 Å². The van der Waals surface area contributed by atoms with Crippen molar-refractivity contribution in [1.82, 2.24) is 0 Å². The predicted octanol–water partition coefficient (Wildman–Crippen LogP) is 1.59. The lowest BCUT2D eigenvalue weighted by molar-refractivity contribution is -0.146. The van der Waals surface area contributed by atoms with Crippen molar-refractivity contribution in [1.29, 1.82) is 0 Å². The number of carbonyl (C=O) groups is 1. The summed E-state index contributed by atoms with van der Waals surface area (Å²) in [6, 6.07) is 8.42. The van der Waals surface area contributed by atoms with Gasteiger partial charge in [0.25, 0.3) is 0 Å². The number of carboxylic acid groups (broad SMARTS) is 1. The summed E-state index contributed by atoms with van der Waals surface area (Å²) in [6.07, 6.45) is 3.71. The summed E-state index contributed by atoms with van der Waals surface area (Å²) < 4.78 is 0. The number of rotatable bonds is 2. The molecule has 0 bridgehead atoms. The van der Waals surface area contributed by atoms with Crippen LogP contribution < -0.4 is 0 Å². The van der Waals surface area contributed by atoms with Crippen LogP contribution in [0.1, 0.15) is 5.56 Å². The second kappa shape index (κ2) is 4.07. The van der Waals surface area contributed by atoms with Crippen LogP contribution in [0, 0.1) is 5.92 Å². The van der Waals surface area contributed by atoms with E-state index in [2.05, 4.69) is 0 Å². The molecule has 0 spiro atoms. The molecule has 17 heavy (non-hydrogen) atoms. The minimum absolute atomic E-state index is 0.145. The normalized spacial score (nSPS) is 27.6. The lowest BCUT2D eigenvalue weighted by atomic mass is 9.78. The molecule has 1 aliphatic rings. The Morgan fingerprint density at radius 2 is 1.88 bits per heavy atom. The third-order valence-electron chi connectivity index (χ3n) is 2.80. The molecule has 2 atom stereocenters. The third kappa shape index (κ3) is 1.94. The zero-order valence-corrected chi connectivity index (χ0v) is 8.95. The molecule has 2 rings (SSSR count). The molecule has 0 aromatic heterocycles. The van der Waals surface area contributed by atoms with E-state index < -0.39 is 17.5 Å². The molecule has 0 radical (unpaired) electrons. The molecular formula is C13H12O4. The molecule has 1 aromatic rings. The van der Waals surface area contributed by atoms with Crippen molar-refractivity contribution >= 4 is 5.97 Å². The summed E-state index contributed by atoms with van der Waals surface area (Å²) in [6.45, 7) is 0. The van der Waals surface area contributed by atoms with Gasteiger partial charge in [0.2, 0.25) is 0 Å². The Hall–Kier alpha value is -2.07. The Labute approximate surface area is 98.1 Å². The van der Waals surface area contributed by atoms with Crippen LogP contribution in [0.2, 0.25) is 0 Å². The number of aliphatic hydroxyl groups excluding tert-OH is 1. The van der Waals surface area contributed by atoms with Crippen LogP contribution in [-0.4, -0.2) is 21.3 Å². The minimum atomic E-state index is -1.72. The molecule has 0 amide bonds. The van der Waals surface area contributed by atoms with E-state index in [-0.39, 0.29) is 5.76 Å². The van der Waals surface area contributed by atoms with E-state index in [0.29, 0.717) is 5.56 Å². The van der Waals surface area contributed by atoms with Crippen LogP contribution in [0.25, 0.3) is 0 Å². The number of aliphatic hydroxyl groups is 2. The Balaban J connectivity index is 2.52. The molecule has 0 aliphatic heterocycles. The topological polar surface area (TPSA) is 77.8 Å². The zero-order chi connectivity index (χ0) is 12.5. The first-order chi connectivity index (χ1) is 8.04. The zero-order valence-electron chi connectivity index (χ0n) is 8.95. The maximum absolute atomic E-state index is 11.1. The number of aliphatic carboxylic acids is 1. The van der Waals surface area contributed by atoms with E-state index in [0.717, 1.165) is 6.08 Å². The van der Waals surface area contributed by atoms with Crippen molar-refractivity contribution in [3.63, 3.8) is 0 Å². The summed E-state index contributed by atoms with van der Waals surface area (Å²) in [5, 5.41) is 29.0. The fourth-order valence-electron chi connectivity index (χ4n) is 1.94. The van der Waals surface area contributed by atoms with Crippen molar-refractivity contribution in [3.05, 3.63) is 59.9 Å². The van der Waals surface area contributed by atoms with Crippen LogP contribution in [0.3, 0.4) is 0 Å². The van der Waals surface area contributed by atoms with Gasteiger partial charge < -0.3 is 15.3 Å². The maximum atomic E-state index is 11.1. The van der Waals surface area contributed by atoms with Gasteiger partial charge in [-0.2, -0.15) is 0 Å². The second-order valence-electron chi connectivity index (χ2n) is 3.94. The smallest absolute Gasteiger partial charge is 0.314 e. The fourth-order valence-corrected chi connectivity index (χ4v) is 1.94. The number of hydrogen-bond acceptors (Lipinski definition) is 3. The molecule has 0 fully saturated rings. The van der Waals surface area contributed by atoms with Crippen molar-refractivity contribution < 1.29 is 20.1 Å². The van der Waals surface area contributed by atoms with E-state index in [9.17, 15) is 15.0 Å². The molecule has 4 nitrogen and oxygen atoms in total. The highest BCUT2D eigenvalue weighted by Gasteiger charge is 2.42. The molecule has 0 saturated carbocycles. The van der Waals surface area contributed by atoms with E-state index in [4.69, 9.17) is 5.11 Å². The highest BCUT2D eigenvalue weighted by Crippen LogP contribution is 2.36. The largest absolute Gasteiger partial charge is 0.508 e. The first kappa shape index (κ1) is 11.4. The molecule has 1 aliphatic carbocycles. The van der Waals surface area contributed by atoms with Gasteiger partial charge in [0.05, 0.1) is 0 Å². The van der Waals surface area contributed by atoms with Crippen molar-refractivity contribution in [2.75, 3.05) is 0 Å². The van der Waals surface area contributed by atoms with Gasteiger partial charge in [-0.05, 0) is 17.7 Å². The molecule has 2 unspecified atom stereocenters. The van der Waals surface area contributed by atoms with Crippen molar-refractivity contribution in [2.45, 2.75) is 5.60 Å². The molecule has 1 aromatic carbocycles. The van der Waals surface area contributed by atoms with Gasteiger partial charge in [-0.3, -0.25) is 4.79 Å². The average molecular weight is 232 g/mol. The van der Waals surface area contributed by atoms with Crippen LogP contribution in [0.4, 0.5) is 0 Å². The van der Waals surface area contributed by atoms with Gasteiger partial charge in [0.1, 0.15) is 17.3 Å². The standard InChI is InChI=1S/C13H12O4/c14-10-6-7-11(12(15)16)13(17,8-10)9-4-2-1-3-5-9/h1-8,11,14,17H,(H,15,16). The van der Waals surface area contributed by atoms with E-state index in [1.165, 1.54) is 12.2 Å². The minimum Gasteiger partial charge on any atom is -0.508 e. The van der Waals surface area contributed by atoms with Crippen molar-refractivity contribution in [3.8, 4) is 0 Å². The SMILES string of the molecule is O=C(O)C1C=CC(O)=CC1(O)c1ccccc1. The Bertz CT molecular complexity index is 489. The second-order valence-corrected chi connectivity index (χ2v) is 3.94. The van der Waals surface area contributed by atoms with Gasteiger partial charge in [0, 0.05) is 0 Å². The molecule has 3 N–H and O–H groups in total. The fraction of sp³-hybridized carbons (Fsp3) is 0.154. The summed E-state index contributed by atoms with van der Waals surface area (Å²) in [5.41, 5.74) is -1.28. The van der Waals surface area contributed by atoms with Gasteiger partial charge in [-0.15, -0.1) is 0 Å². The average Bonchev–Trinajstić information content (AvgIpc) is 2.29. The molecular weight excluding hydrogens is 220 g/mol. The molecule has 88 valence electrons. The van der Waals surface area contributed by atoms with Gasteiger partial charge >= 0.3 is 5.97 Å². The van der Waals surface area contributed by atoms with Crippen molar-refractivity contribution in [2.24, 2.45) is 5.92 Å². The summed E-state index contributed by atoms with van der Waals surface area (Å²) in [7, 11) is 0. The van der Waals surface area contributed by atoms with Gasteiger partial charge in [-0.1, -0.05) is 36.4 Å². The molecule has 4 heteroatoms. The third-order valence-corrected chi connectivity index (χ3v) is 2.80. The lowest BCUT2D eigenvalue weighted by Gasteiger charge is -2.31. The number of benzene rings is 1. The molecule has 0 saturated heterocycles. The highest BCUT2D eigenvalue weighted by atomic mass is 16.4. The van der Waals surface area contributed by atoms with Gasteiger partial charge in [0.15, 0.2) is 0 Å². The predicted molar refractivity (Wildman–Crippen MR) is 61.3 cm³/mol. The first-order valence-electron chi connectivity index (χ1n) is 5.15. The van der Waals surface area contributed by atoms with Crippen LogP contribution in [-0.2, 0) is 10.4 Å². The monoisotopic (exact) mass is 232 g/mol. The van der Waals surface area contributed by atoms with Crippen LogP contribution >= 0.6 is 0 Å². The summed E-state index contributed by atoms with van der Waals surface area (Å²) in [4.78, 5) is 11.1. The van der Waals surface area contributed by atoms with Crippen LogP contribution in [0.5, 0.6) is 0 Å². The maximum Gasteiger partial charge on any atom is 0.314 e. The number of hydrogen-bond donors (Lipinski definition) is 3. The van der Waals surface area contributed by atoms with Crippen LogP contribution in [0.15, 0.2) is 54.3 Å².